The Labute approximate surface area is 119 Å². The quantitative estimate of drug-likeness (QED) is 0.851. The van der Waals surface area contributed by atoms with Crippen LogP contribution in [0.4, 0.5) is 5.82 Å². The number of methoxy groups -OCH3 is 1. The lowest BCUT2D eigenvalue weighted by Gasteiger charge is -2.11. The SMILES string of the molecule is COc1cccc(-c2nc(N)c3c(n2)CCCCC3)c1. The van der Waals surface area contributed by atoms with E-state index in [-0.39, 0.29) is 0 Å². The second-order valence-electron chi connectivity index (χ2n) is 5.15. The van der Waals surface area contributed by atoms with E-state index in [9.17, 15) is 0 Å². The molecule has 3 rings (SSSR count). The van der Waals surface area contributed by atoms with Gasteiger partial charge in [-0.3, -0.25) is 0 Å². The summed E-state index contributed by atoms with van der Waals surface area (Å²) in [7, 11) is 1.66. The summed E-state index contributed by atoms with van der Waals surface area (Å²) in [6.07, 6.45) is 5.60. The molecule has 0 radical (unpaired) electrons. The summed E-state index contributed by atoms with van der Waals surface area (Å²) >= 11 is 0. The number of benzene rings is 1. The molecular formula is C16H19N3O. The predicted molar refractivity (Wildman–Crippen MR) is 79.7 cm³/mol. The van der Waals surface area contributed by atoms with Crippen molar-refractivity contribution in [2.45, 2.75) is 32.1 Å². The van der Waals surface area contributed by atoms with Crippen LogP contribution in [0.15, 0.2) is 24.3 Å². The fraction of sp³-hybridized carbons (Fsp3) is 0.375. The van der Waals surface area contributed by atoms with Crippen LogP contribution in [0, 0.1) is 0 Å². The highest BCUT2D eigenvalue weighted by Gasteiger charge is 2.15. The van der Waals surface area contributed by atoms with Gasteiger partial charge in [-0.05, 0) is 37.8 Å². The van der Waals surface area contributed by atoms with Crippen molar-refractivity contribution >= 4 is 5.82 Å². The molecule has 0 spiro atoms. The maximum absolute atomic E-state index is 6.14. The van der Waals surface area contributed by atoms with Gasteiger partial charge in [0.2, 0.25) is 0 Å². The number of nitrogens with zero attached hydrogens (tertiary/aromatic N) is 2. The molecule has 4 nitrogen and oxygen atoms in total. The van der Waals surface area contributed by atoms with E-state index in [0.717, 1.165) is 35.4 Å². The van der Waals surface area contributed by atoms with E-state index in [1.807, 2.05) is 24.3 Å². The Morgan fingerprint density at radius 3 is 2.80 bits per heavy atom. The third-order valence-electron chi connectivity index (χ3n) is 3.79. The van der Waals surface area contributed by atoms with Gasteiger partial charge in [-0.15, -0.1) is 0 Å². The lowest BCUT2D eigenvalue weighted by molar-refractivity contribution is 0.415. The van der Waals surface area contributed by atoms with E-state index in [1.165, 1.54) is 19.3 Å². The maximum Gasteiger partial charge on any atom is 0.161 e. The Morgan fingerprint density at radius 1 is 1.10 bits per heavy atom. The van der Waals surface area contributed by atoms with E-state index in [0.29, 0.717) is 11.6 Å². The fourth-order valence-electron chi connectivity index (χ4n) is 2.69. The Kier molecular flexibility index (Phi) is 3.54. The second kappa shape index (κ2) is 5.49. The van der Waals surface area contributed by atoms with Crippen LogP contribution in [-0.4, -0.2) is 17.1 Å². The van der Waals surface area contributed by atoms with E-state index in [1.54, 1.807) is 7.11 Å². The highest BCUT2D eigenvalue weighted by atomic mass is 16.5. The third-order valence-corrected chi connectivity index (χ3v) is 3.79. The first-order chi connectivity index (χ1) is 9.78. The first-order valence-electron chi connectivity index (χ1n) is 7.07. The average molecular weight is 269 g/mol. The van der Waals surface area contributed by atoms with Crippen molar-refractivity contribution in [3.8, 4) is 17.1 Å². The number of ether oxygens (including phenoxy) is 1. The summed E-state index contributed by atoms with van der Waals surface area (Å²) in [4.78, 5) is 9.22. The van der Waals surface area contributed by atoms with Crippen molar-refractivity contribution in [1.29, 1.82) is 0 Å². The molecule has 4 heteroatoms. The van der Waals surface area contributed by atoms with Crippen LogP contribution in [-0.2, 0) is 12.8 Å². The summed E-state index contributed by atoms with van der Waals surface area (Å²) in [5.41, 5.74) is 9.35. The fourth-order valence-corrected chi connectivity index (χ4v) is 2.69. The first-order valence-corrected chi connectivity index (χ1v) is 7.07. The van der Waals surface area contributed by atoms with Crippen LogP contribution in [0.5, 0.6) is 5.75 Å². The zero-order valence-electron chi connectivity index (χ0n) is 11.7. The monoisotopic (exact) mass is 269 g/mol. The molecule has 0 amide bonds. The summed E-state index contributed by atoms with van der Waals surface area (Å²) in [6, 6.07) is 7.79. The molecule has 0 atom stereocenters. The minimum atomic E-state index is 0.634. The summed E-state index contributed by atoms with van der Waals surface area (Å²) < 4.78 is 5.25. The average Bonchev–Trinajstić information content (AvgIpc) is 2.73. The molecule has 0 aliphatic heterocycles. The molecule has 20 heavy (non-hydrogen) atoms. The normalized spacial score (nSPS) is 14.4. The van der Waals surface area contributed by atoms with Crippen molar-refractivity contribution in [3.05, 3.63) is 35.5 Å². The molecule has 0 bridgehead atoms. The van der Waals surface area contributed by atoms with Crippen LogP contribution in [0.3, 0.4) is 0 Å². The van der Waals surface area contributed by atoms with E-state index in [4.69, 9.17) is 15.5 Å². The van der Waals surface area contributed by atoms with Crippen LogP contribution in [0.25, 0.3) is 11.4 Å². The summed E-state index contributed by atoms with van der Waals surface area (Å²) in [5, 5.41) is 0. The maximum atomic E-state index is 6.14. The molecule has 1 aromatic heterocycles. The molecule has 1 heterocycles. The molecule has 1 aromatic carbocycles. The van der Waals surface area contributed by atoms with Gasteiger partial charge in [0.1, 0.15) is 11.6 Å². The number of aryl methyl sites for hydroxylation is 1. The topological polar surface area (TPSA) is 61.0 Å². The van der Waals surface area contributed by atoms with E-state index < -0.39 is 0 Å². The van der Waals surface area contributed by atoms with Crippen molar-refractivity contribution in [2.75, 3.05) is 12.8 Å². The van der Waals surface area contributed by atoms with Crippen LogP contribution >= 0.6 is 0 Å². The molecule has 1 aliphatic rings. The van der Waals surface area contributed by atoms with Gasteiger partial charge in [0.05, 0.1) is 7.11 Å². The van der Waals surface area contributed by atoms with Gasteiger partial charge >= 0.3 is 0 Å². The highest BCUT2D eigenvalue weighted by molar-refractivity contribution is 5.60. The summed E-state index contributed by atoms with van der Waals surface area (Å²) in [5.74, 6) is 2.14. The zero-order chi connectivity index (χ0) is 13.9. The van der Waals surface area contributed by atoms with Gasteiger partial charge in [-0.2, -0.15) is 0 Å². The zero-order valence-corrected chi connectivity index (χ0v) is 11.7. The summed E-state index contributed by atoms with van der Waals surface area (Å²) in [6.45, 7) is 0. The van der Waals surface area contributed by atoms with Crippen LogP contribution < -0.4 is 10.5 Å². The highest BCUT2D eigenvalue weighted by Crippen LogP contribution is 2.27. The molecule has 2 aromatic rings. The molecule has 104 valence electrons. The Bertz CT molecular complexity index is 625. The number of nitrogen functional groups attached to an aromatic ring is 1. The smallest absolute Gasteiger partial charge is 0.161 e. The van der Waals surface area contributed by atoms with Gasteiger partial charge in [-0.25, -0.2) is 9.97 Å². The Hall–Kier alpha value is -2.10. The van der Waals surface area contributed by atoms with Crippen LogP contribution in [0.2, 0.25) is 0 Å². The first kappa shape index (κ1) is 12.9. The number of anilines is 1. The molecule has 2 N–H and O–H groups in total. The number of rotatable bonds is 2. The molecular weight excluding hydrogens is 250 g/mol. The van der Waals surface area contributed by atoms with Crippen molar-refractivity contribution in [3.63, 3.8) is 0 Å². The molecule has 0 saturated carbocycles. The molecule has 1 aliphatic carbocycles. The number of fused-ring (bicyclic) bond motifs is 1. The lowest BCUT2D eigenvalue weighted by atomic mass is 10.1. The largest absolute Gasteiger partial charge is 0.497 e. The third kappa shape index (κ3) is 2.46. The van der Waals surface area contributed by atoms with Crippen molar-refractivity contribution < 1.29 is 4.74 Å². The van der Waals surface area contributed by atoms with E-state index in [2.05, 4.69) is 4.98 Å². The number of nitrogens with two attached hydrogens (primary N) is 1. The minimum Gasteiger partial charge on any atom is -0.497 e. The van der Waals surface area contributed by atoms with Crippen LogP contribution in [0.1, 0.15) is 30.5 Å². The number of hydrogen-bond acceptors (Lipinski definition) is 4. The second-order valence-corrected chi connectivity index (χ2v) is 5.15. The van der Waals surface area contributed by atoms with Gasteiger partial charge in [0.25, 0.3) is 0 Å². The van der Waals surface area contributed by atoms with Gasteiger partial charge in [0, 0.05) is 16.8 Å². The molecule has 0 fully saturated rings. The molecule has 0 unspecified atom stereocenters. The number of aromatic nitrogens is 2. The van der Waals surface area contributed by atoms with Crippen molar-refractivity contribution in [2.24, 2.45) is 0 Å². The standard InChI is InChI=1S/C16H19N3O/c1-20-12-7-5-6-11(10-12)16-18-14-9-4-2-3-8-13(14)15(17)19-16/h5-7,10H,2-4,8-9H2,1H3,(H2,17,18,19). The minimum absolute atomic E-state index is 0.634. The van der Waals surface area contributed by atoms with Crippen molar-refractivity contribution in [1.82, 2.24) is 9.97 Å². The Morgan fingerprint density at radius 2 is 1.95 bits per heavy atom. The van der Waals surface area contributed by atoms with E-state index >= 15 is 0 Å². The molecule has 0 saturated heterocycles. The lowest BCUT2D eigenvalue weighted by Crippen LogP contribution is -2.06. The predicted octanol–water partition coefficient (Wildman–Crippen LogP) is 3.00. The Balaban J connectivity index is 2.06. The van der Waals surface area contributed by atoms with Gasteiger partial charge in [0.15, 0.2) is 5.82 Å². The number of hydrogen-bond donors (Lipinski definition) is 1. The van der Waals surface area contributed by atoms with Gasteiger partial charge in [-0.1, -0.05) is 18.6 Å². The van der Waals surface area contributed by atoms with Gasteiger partial charge < -0.3 is 10.5 Å².